The van der Waals surface area contributed by atoms with E-state index in [1.807, 2.05) is 0 Å². The molecule has 1 unspecified atom stereocenters. The molecule has 0 aliphatic heterocycles. The van der Waals surface area contributed by atoms with Gasteiger partial charge in [0.15, 0.2) is 0 Å². The molecule has 0 saturated carbocycles. The summed E-state index contributed by atoms with van der Waals surface area (Å²) in [5.41, 5.74) is 0.849. The Balaban J connectivity index is 1.97. The number of methoxy groups -OCH3 is 1. The van der Waals surface area contributed by atoms with Crippen LogP contribution in [0.2, 0.25) is 0 Å². The number of ether oxygens (including phenoxy) is 2. The maximum absolute atomic E-state index is 12.9. The number of hydrogen-bond acceptors (Lipinski definition) is 3. The topological polar surface area (TPSA) is 38.7 Å². The third-order valence-electron chi connectivity index (χ3n) is 3.07. The molecule has 0 bridgehead atoms. The number of hydrogen-bond donors (Lipinski definition) is 1. The molecule has 4 heteroatoms. The smallest absolute Gasteiger partial charge is 0.123 e. The predicted molar refractivity (Wildman–Crippen MR) is 74.7 cm³/mol. The molecule has 0 heterocycles. The lowest BCUT2D eigenvalue weighted by Gasteiger charge is -2.16. The van der Waals surface area contributed by atoms with Crippen LogP contribution in [0.25, 0.3) is 0 Å². The molecule has 0 saturated heterocycles. The number of benzene rings is 2. The lowest BCUT2D eigenvalue weighted by molar-refractivity contribution is 0.205. The molecule has 0 aliphatic carbocycles. The summed E-state index contributed by atoms with van der Waals surface area (Å²) in [5.74, 6) is 0.986. The summed E-state index contributed by atoms with van der Waals surface area (Å²) >= 11 is 0. The van der Waals surface area contributed by atoms with Crippen LogP contribution in [-0.4, -0.2) is 25.4 Å². The molecule has 0 radical (unpaired) electrons. The molecular weight excluding hydrogens is 259 g/mol. The summed E-state index contributed by atoms with van der Waals surface area (Å²) in [4.78, 5) is 0. The highest BCUT2D eigenvalue weighted by Crippen LogP contribution is 2.21. The van der Waals surface area contributed by atoms with Gasteiger partial charge in [-0.15, -0.1) is 0 Å². The zero-order valence-electron chi connectivity index (χ0n) is 11.3. The Kier molecular flexibility index (Phi) is 4.96. The number of aliphatic hydroxyl groups is 1. The van der Waals surface area contributed by atoms with Crippen LogP contribution in [0.3, 0.4) is 0 Å². The van der Waals surface area contributed by atoms with Gasteiger partial charge in [-0.25, -0.2) is 4.39 Å². The fourth-order valence-corrected chi connectivity index (χ4v) is 1.86. The van der Waals surface area contributed by atoms with Crippen LogP contribution in [0, 0.1) is 5.82 Å². The fraction of sp³-hybridized carbons (Fsp3) is 0.250. The van der Waals surface area contributed by atoms with Crippen molar-refractivity contribution in [2.75, 3.05) is 20.3 Å². The Hall–Kier alpha value is -2.07. The van der Waals surface area contributed by atoms with Crippen LogP contribution in [0.1, 0.15) is 11.5 Å². The van der Waals surface area contributed by atoms with Crippen molar-refractivity contribution in [2.24, 2.45) is 0 Å². The maximum Gasteiger partial charge on any atom is 0.123 e. The van der Waals surface area contributed by atoms with Gasteiger partial charge in [-0.05, 0) is 42.0 Å². The summed E-state index contributed by atoms with van der Waals surface area (Å²) < 4.78 is 23.6. The van der Waals surface area contributed by atoms with E-state index in [0.29, 0.717) is 12.4 Å². The standard InChI is InChI=1S/C16H17FO3/c1-19-15-6-8-16(9-7-15)20-11-13(10-18)12-2-4-14(17)5-3-12/h2-9,13,18H,10-11H2,1H3. The first-order chi connectivity index (χ1) is 9.72. The lowest BCUT2D eigenvalue weighted by atomic mass is 10.0. The van der Waals surface area contributed by atoms with E-state index in [0.717, 1.165) is 11.3 Å². The van der Waals surface area contributed by atoms with E-state index in [4.69, 9.17) is 9.47 Å². The molecule has 3 nitrogen and oxygen atoms in total. The minimum Gasteiger partial charge on any atom is -0.497 e. The van der Waals surface area contributed by atoms with Crippen LogP contribution >= 0.6 is 0 Å². The van der Waals surface area contributed by atoms with Crippen molar-refractivity contribution in [2.45, 2.75) is 5.92 Å². The van der Waals surface area contributed by atoms with E-state index in [2.05, 4.69) is 0 Å². The maximum atomic E-state index is 12.9. The van der Waals surface area contributed by atoms with Gasteiger partial charge in [-0.1, -0.05) is 12.1 Å². The van der Waals surface area contributed by atoms with Crippen LogP contribution in [-0.2, 0) is 0 Å². The Morgan fingerprint density at radius 3 is 2.15 bits per heavy atom. The van der Waals surface area contributed by atoms with Crippen LogP contribution < -0.4 is 9.47 Å². The molecule has 0 aromatic heterocycles. The van der Waals surface area contributed by atoms with E-state index in [1.165, 1.54) is 12.1 Å². The van der Waals surface area contributed by atoms with Gasteiger partial charge in [-0.3, -0.25) is 0 Å². The van der Waals surface area contributed by atoms with E-state index >= 15 is 0 Å². The van der Waals surface area contributed by atoms with Crippen molar-refractivity contribution in [3.63, 3.8) is 0 Å². The predicted octanol–water partition coefficient (Wildman–Crippen LogP) is 2.99. The molecule has 2 rings (SSSR count). The van der Waals surface area contributed by atoms with E-state index in [1.54, 1.807) is 43.5 Å². The van der Waals surface area contributed by atoms with Crippen molar-refractivity contribution >= 4 is 0 Å². The SMILES string of the molecule is COc1ccc(OCC(CO)c2ccc(F)cc2)cc1. The molecule has 20 heavy (non-hydrogen) atoms. The fourth-order valence-electron chi connectivity index (χ4n) is 1.86. The van der Waals surface area contributed by atoms with Gasteiger partial charge < -0.3 is 14.6 Å². The average molecular weight is 276 g/mol. The quantitative estimate of drug-likeness (QED) is 0.881. The highest BCUT2D eigenvalue weighted by atomic mass is 19.1. The molecule has 1 N–H and O–H groups in total. The molecule has 0 aliphatic rings. The Bertz CT molecular complexity index is 522. The molecular formula is C16H17FO3. The molecule has 106 valence electrons. The second-order valence-electron chi connectivity index (χ2n) is 4.42. The molecule has 1 atom stereocenters. The first-order valence-electron chi connectivity index (χ1n) is 6.36. The number of rotatable bonds is 6. The average Bonchev–Trinajstić information content (AvgIpc) is 2.50. The minimum atomic E-state index is -0.290. The van der Waals surface area contributed by atoms with Crippen molar-refractivity contribution in [3.8, 4) is 11.5 Å². The van der Waals surface area contributed by atoms with Gasteiger partial charge in [0.25, 0.3) is 0 Å². The van der Waals surface area contributed by atoms with E-state index in [9.17, 15) is 9.50 Å². The van der Waals surface area contributed by atoms with E-state index < -0.39 is 0 Å². The van der Waals surface area contributed by atoms with Crippen molar-refractivity contribution in [1.29, 1.82) is 0 Å². The first-order valence-corrected chi connectivity index (χ1v) is 6.36. The number of halogens is 1. The highest BCUT2D eigenvalue weighted by Gasteiger charge is 2.11. The van der Waals surface area contributed by atoms with Crippen molar-refractivity contribution in [1.82, 2.24) is 0 Å². The summed E-state index contributed by atoms with van der Waals surface area (Å²) in [6, 6.07) is 13.3. The van der Waals surface area contributed by atoms with Crippen LogP contribution in [0.15, 0.2) is 48.5 Å². The lowest BCUT2D eigenvalue weighted by Crippen LogP contribution is -2.14. The molecule has 2 aromatic carbocycles. The van der Waals surface area contributed by atoms with Gasteiger partial charge in [0, 0.05) is 5.92 Å². The molecule has 0 amide bonds. The van der Waals surface area contributed by atoms with Gasteiger partial charge >= 0.3 is 0 Å². The largest absolute Gasteiger partial charge is 0.497 e. The Morgan fingerprint density at radius 2 is 1.60 bits per heavy atom. The monoisotopic (exact) mass is 276 g/mol. The zero-order valence-corrected chi connectivity index (χ0v) is 11.3. The van der Waals surface area contributed by atoms with Crippen LogP contribution in [0.4, 0.5) is 4.39 Å². The Morgan fingerprint density at radius 1 is 1.00 bits per heavy atom. The van der Waals surface area contributed by atoms with E-state index in [-0.39, 0.29) is 18.3 Å². The Labute approximate surface area is 117 Å². The molecule has 0 spiro atoms. The minimum absolute atomic E-state index is 0.0538. The van der Waals surface area contributed by atoms with Gasteiger partial charge in [-0.2, -0.15) is 0 Å². The van der Waals surface area contributed by atoms with Gasteiger partial charge in [0.05, 0.1) is 20.3 Å². The first kappa shape index (κ1) is 14.3. The molecule has 2 aromatic rings. The summed E-state index contributed by atoms with van der Waals surface area (Å²) in [7, 11) is 1.60. The van der Waals surface area contributed by atoms with Gasteiger partial charge in [0.2, 0.25) is 0 Å². The summed E-state index contributed by atoms with van der Waals surface area (Å²) in [6.45, 7) is 0.274. The normalized spacial score (nSPS) is 11.9. The van der Waals surface area contributed by atoms with Gasteiger partial charge in [0.1, 0.15) is 17.3 Å². The van der Waals surface area contributed by atoms with Crippen molar-refractivity contribution in [3.05, 3.63) is 59.9 Å². The highest BCUT2D eigenvalue weighted by molar-refractivity contribution is 5.31. The zero-order chi connectivity index (χ0) is 14.4. The summed E-state index contributed by atoms with van der Waals surface area (Å²) in [5, 5.41) is 9.42. The second-order valence-corrected chi connectivity index (χ2v) is 4.42. The third-order valence-corrected chi connectivity index (χ3v) is 3.07. The van der Waals surface area contributed by atoms with Crippen LogP contribution in [0.5, 0.6) is 11.5 Å². The second kappa shape index (κ2) is 6.91. The summed E-state index contributed by atoms with van der Waals surface area (Å²) in [6.07, 6.45) is 0. The third kappa shape index (κ3) is 3.71. The number of aliphatic hydroxyl groups excluding tert-OH is 1. The van der Waals surface area contributed by atoms with Crippen molar-refractivity contribution < 1.29 is 19.0 Å². The molecule has 0 fully saturated rings.